The van der Waals surface area contributed by atoms with Crippen LogP contribution in [0.25, 0.3) is 0 Å². The second-order valence-corrected chi connectivity index (χ2v) is 8.67. The van der Waals surface area contributed by atoms with Crippen LogP contribution in [0.15, 0.2) is 11.0 Å². The fraction of sp³-hybridized carbons (Fsp3) is 0.583. The van der Waals surface area contributed by atoms with E-state index in [1.165, 1.54) is 6.07 Å². The van der Waals surface area contributed by atoms with E-state index in [-0.39, 0.29) is 10.8 Å². The van der Waals surface area contributed by atoms with E-state index >= 15 is 0 Å². The molecule has 0 saturated heterocycles. The molecule has 0 aliphatic heterocycles. The number of nitrogens with zero attached hydrogens (tertiary/aromatic N) is 1. The molecule has 0 saturated carbocycles. The lowest BCUT2D eigenvalue weighted by Gasteiger charge is -2.17. The third-order valence-electron chi connectivity index (χ3n) is 2.73. The van der Waals surface area contributed by atoms with Gasteiger partial charge in [0.15, 0.2) is 0 Å². The van der Waals surface area contributed by atoms with Gasteiger partial charge in [-0.2, -0.15) is 0 Å². The van der Waals surface area contributed by atoms with Gasteiger partial charge < -0.3 is 4.90 Å². The van der Waals surface area contributed by atoms with Crippen molar-refractivity contribution >= 4 is 37.0 Å². The van der Waals surface area contributed by atoms with Crippen molar-refractivity contribution in [2.45, 2.75) is 32.1 Å². The molecule has 1 amide bonds. The standard InChI is InChI=1S/C12H18ClNO3S2/c1-8(2)5-6-14(4)12(15)10-7-11(9(3)18-10)19(13,16)17/h7-8H,5-6H2,1-4H3. The van der Waals surface area contributed by atoms with Gasteiger partial charge in [0.2, 0.25) is 0 Å². The highest BCUT2D eigenvalue weighted by Gasteiger charge is 2.22. The smallest absolute Gasteiger partial charge is 0.263 e. The SMILES string of the molecule is Cc1sc(C(=O)N(C)CCC(C)C)cc1S(=O)(=O)Cl. The van der Waals surface area contributed by atoms with Crippen LogP contribution in [0, 0.1) is 12.8 Å². The molecule has 108 valence electrons. The van der Waals surface area contributed by atoms with E-state index < -0.39 is 9.05 Å². The number of halogens is 1. The molecule has 0 spiro atoms. The van der Waals surface area contributed by atoms with Gasteiger partial charge in [0, 0.05) is 29.2 Å². The van der Waals surface area contributed by atoms with Gasteiger partial charge in [-0.1, -0.05) is 13.8 Å². The summed E-state index contributed by atoms with van der Waals surface area (Å²) in [6, 6.07) is 1.36. The summed E-state index contributed by atoms with van der Waals surface area (Å²) < 4.78 is 22.6. The van der Waals surface area contributed by atoms with Crippen LogP contribution in [-0.2, 0) is 9.05 Å². The van der Waals surface area contributed by atoms with E-state index in [2.05, 4.69) is 13.8 Å². The number of aryl methyl sites for hydroxylation is 1. The Morgan fingerprint density at radius 2 is 2.05 bits per heavy atom. The third-order valence-corrected chi connectivity index (χ3v) is 5.35. The first-order valence-electron chi connectivity index (χ1n) is 5.93. The monoisotopic (exact) mass is 323 g/mol. The van der Waals surface area contributed by atoms with E-state index in [0.29, 0.717) is 22.2 Å². The van der Waals surface area contributed by atoms with E-state index in [4.69, 9.17) is 10.7 Å². The van der Waals surface area contributed by atoms with Crippen molar-refractivity contribution in [2.24, 2.45) is 5.92 Å². The minimum atomic E-state index is -3.79. The molecule has 1 aromatic heterocycles. The Labute approximate surface area is 122 Å². The van der Waals surface area contributed by atoms with Gasteiger partial charge in [-0.15, -0.1) is 11.3 Å². The lowest BCUT2D eigenvalue weighted by molar-refractivity contribution is 0.0794. The van der Waals surface area contributed by atoms with Crippen LogP contribution in [0.2, 0.25) is 0 Å². The quantitative estimate of drug-likeness (QED) is 0.782. The predicted molar refractivity (Wildman–Crippen MR) is 78.5 cm³/mol. The van der Waals surface area contributed by atoms with Crippen LogP contribution >= 0.6 is 22.0 Å². The highest BCUT2D eigenvalue weighted by atomic mass is 35.7. The Morgan fingerprint density at radius 3 is 2.47 bits per heavy atom. The minimum Gasteiger partial charge on any atom is -0.341 e. The topological polar surface area (TPSA) is 54.5 Å². The molecule has 0 N–H and O–H groups in total. The highest BCUT2D eigenvalue weighted by Crippen LogP contribution is 2.28. The first-order valence-corrected chi connectivity index (χ1v) is 9.06. The molecule has 0 unspecified atom stereocenters. The molecule has 0 radical (unpaired) electrons. The summed E-state index contributed by atoms with van der Waals surface area (Å²) in [7, 11) is 3.25. The van der Waals surface area contributed by atoms with Crippen molar-refractivity contribution in [3.8, 4) is 0 Å². The van der Waals surface area contributed by atoms with Crippen LogP contribution in [0.1, 0.15) is 34.8 Å². The molecule has 4 nitrogen and oxygen atoms in total. The number of thiophene rings is 1. The molecular weight excluding hydrogens is 306 g/mol. The van der Waals surface area contributed by atoms with Crippen LogP contribution in [0.3, 0.4) is 0 Å². The van der Waals surface area contributed by atoms with Crippen LogP contribution in [-0.4, -0.2) is 32.8 Å². The second kappa shape index (κ2) is 6.24. The average molecular weight is 324 g/mol. The number of carbonyl (C=O) groups excluding carboxylic acids is 1. The summed E-state index contributed by atoms with van der Waals surface area (Å²) in [6.45, 7) is 6.47. The zero-order valence-corrected chi connectivity index (χ0v) is 13.8. The number of rotatable bonds is 5. The Bertz CT molecular complexity index is 564. The van der Waals surface area contributed by atoms with Crippen molar-refractivity contribution in [1.29, 1.82) is 0 Å². The summed E-state index contributed by atoms with van der Waals surface area (Å²) in [5.41, 5.74) is 0. The summed E-state index contributed by atoms with van der Waals surface area (Å²) >= 11 is 1.16. The van der Waals surface area contributed by atoms with Gasteiger partial charge in [0.05, 0.1) is 9.77 Å². The number of carbonyl (C=O) groups is 1. The van der Waals surface area contributed by atoms with Gasteiger partial charge in [-0.05, 0) is 25.3 Å². The van der Waals surface area contributed by atoms with Crippen LogP contribution < -0.4 is 0 Å². The van der Waals surface area contributed by atoms with E-state index in [1.54, 1.807) is 18.9 Å². The van der Waals surface area contributed by atoms with Crippen molar-refractivity contribution in [3.05, 3.63) is 15.8 Å². The third kappa shape index (κ3) is 4.47. The second-order valence-electron chi connectivity index (χ2n) is 4.88. The fourth-order valence-corrected chi connectivity index (χ4v) is 4.21. The van der Waals surface area contributed by atoms with Gasteiger partial charge in [-0.25, -0.2) is 8.42 Å². The van der Waals surface area contributed by atoms with Gasteiger partial charge in [0.25, 0.3) is 15.0 Å². The lowest BCUT2D eigenvalue weighted by Crippen LogP contribution is -2.27. The molecular formula is C12H18ClNO3S2. The van der Waals surface area contributed by atoms with Crippen molar-refractivity contribution in [1.82, 2.24) is 4.90 Å². The van der Waals surface area contributed by atoms with Crippen LogP contribution in [0.4, 0.5) is 0 Å². The maximum atomic E-state index is 12.1. The fourth-order valence-electron chi connectivity index (χ4n) is 1.55. The molecule has 1 rings (SSSR count). The molecule has 1 aromatic rings. The molecule has 0 aliphatic rings. The van der Waals surface area contributed by atoms with Gasteiger partial charge >= 0.3 is 0 Å². The van der Waals surface area contributed by atoms with E-state index in [1.807, 2.05) is 0 Å². The number of hydrogen-bond acceptors (Lipinski definition) is 4. The molecule has 0 aromatic carbocycles. The van der Waals surface area contributed by atoms with Crippen LogP contribution in [0.5, 0.6) is 0 Å². The van der Waals surface area contributed by atoms with E-state index in [0.717, 1.165) is 17.8 Å². The summed E-state index contributed by atoms with van der Waals surface area (Å²) in [4.78, 5) is 14.7. The number of amides is 1. The molecule has 0 fully saturated rings. The average Bonchev–Trinajstić information content (AvgIpc) is 2.66. The Kier molecular flexibility index (Phi) is 5.41. The Hall–Kier alpha value is -0.590. The maximum Gasteiger partial charge on any atom is 0.263 e. The zero-order chi connectivity index (χ0) is 14.8. The first kappa shape index (κ1) is 16.5. The maximum absolute atomic E-state index is 12.1. The highest BCUT2D eigenvalue weighted by molar-refractivity contribution is 8.13. The minimum absolute atomic E-state index is 0.0276. The lowest BCUT2D eigenvalue weighted by atomic mass is 10.1. The number of hydrogen-bond donors (Lipinski definition) is 0. The van der Waals surface area contributed by atoms with Gasteiger partial charge in [0.1, 0.15) is 0 Å². The Balaban J connectivity index is 2.90. The molecule has 0 bridgehead atoms. The first-order chi connectivity index (χ1) is 8.62. The van der Waals surface area contributed by atoms with Crippen molar-refractivity contribution in [2.75, 3.05) is 13.6 Å². The predicted octanol–water partition coefficient (Wildman–Crippen LogP) is 3.10. The van der Waals surface area contributed by atoms with Crippen molar-refractivity contribution in [3.63, 3.8) is 0 Å². The summed E-state index contributed by atoms with van der Waals surface area (Å²) in [6.07, 6.45) is 0.910. The molecule has 0 atom stereocenters. The summed E-state index contributed by atoms with van der Waals surface area (Å²) in [5.74, 6) is 0.347. The van der Waals surface area contributed by atoms with E-state index in [9.17, 15) is 13.2 Å². The molecule has 1 heterocycles. The molecule has 19 heavy (non-hydrogen) atoms. The van der Waals surface area contributed by atoms with Crippen molar-refractivity contribution < 1.29 is 13.2 Å². The van der Waals surface area contributed by atoms with Gasteiger partial charge in [-0.3, -0.25) is 4.79 Å². The molecule has 0 aliphatic carbocycles. The normalized spacial score (nSPS) is 11.9. The summed E-state index contributed by atoms with van der Waals surface area (Å²) in [5, 5.41) is 0. The Morgan fingerprint density at radius 1 is 1.47 bits per heavy atom. The zero-order valence-electron chi connectivity index (χ0n) is 11.4. The largest absolute Gasteiger partial charge is 0.341 e. The molecule has 7 heteroatoms.